The molecule has 0 aliphatic carbocycles. The maximum absolute atomic E-state index is 12.1. The molecular formula is C16H9Cl2N3O2S. The minimum Gasteiger partial charge on any atom is -0.431 e. The van der Waals surface area contributed by atoms with Gasteiger partial charge in [0.2, 0.25) is 5.91 Å². The van der Waals surface area contributed by atoms with E-state index in [0.717, 1.165) is 11.8 Å². The molecule has 0 radical (unpaired) electrons. The molecule has 0 saturated heterocycles. The lowest BCUT2D eigenvalue weighted by molar-refractivity contribution is -0.113. The number of hydrogen-bond donors (Lipinski definition) is 1. The molecule has 0 saturated carbocycles. The average Bonchev–Trinajstić information content (AvgIpc) is 2.95. The predicted octanol–water partition coefficient (Wildman–Crippen LogP) is 4.74. The molecule has 8 heteroatoms. The summed E-state index contributed by atoms with van der Waals surface area (Å²) < 4.78 is 5.53. The smallest absolute Gasteiger partial charge is 0.257 e. The monoisotopic (exact) mass is 377 g/mol. The van der Waals surface area contributed by atoms with Crippen LogP contribution in [-0.4, -0.2) is 16.6 Å². The first-order valence-corrected chi connectivity index (χ1v) is 8.48. The van der Waals surface area contributed by atoms with E-state index in [-0.39, 0.29) is 11.7 Å². The van der Waals surface area contributed by atoms with Gasteiger partial charge < -0.3 is 9.73 Å². The quantitative estimate of drug-likeness (QED) is 0.664. The predicted molar refractivity (Wildman–Crippen MR) is 94.5 cm³/mol. The fourth-order valence-electron chi connectivity index (χ4n) is 1.97. The highest BCUT2D eigenvalue weighted by Crippen LogP contribution is 2.26. The summed E-state index contributed by atoms with van der Waals surface area (Å²) in [4.78, 5) is 16.3. The van der Waals surface area contributed by atoms with Crippen molar-refractivity contribution in [3.63, 3.8) is 0 Å². The van der Waals surface area contributed by atoms with E-state index in [2.05, 4.69) is 10.3 Å². The summed E-state index contributed by atoms with van der Waals surface area (Å²) in [6.45, 7) is 0. The molecule has 120 valence electrons. The topological polar surface area (TPSA) is 78.9 Å². The first kappa shape index (κ1) is 16.7. The molecule has 0 spiro atoms. The first-order chi connectivity index (χ1) is 11.5. The van der Waals surface area contributed by atoms with Crippen molar-refractivity contribution in [3.05, 3.63) is 52.0 Å². The van der Waals surface area contributed by atoms with E-state index in [1.807, 2.05) is 6.07 Å². The van der Waals surface area contributed by atoms with E-state index in [4.69, 9.17) is 32.9 Å². The SMILES string of the molecule is N#Cc1ccc(Cl)cc1NC(=O)CSc1nc2ccc(Cl)cc2o1. The number of fused-ring (bicyclic) bond motifs is 1. The molecule has 1 amide bonds. The molecule has 0 atom stereocenters. The van der Waals surface area contributed by atoms with E-state index >= 15 is 0 Å². The summed E-state index contributed by atoms with van der Waals surface area (Å²) in [5.41, 5.74) is 1.95. The maximum atomic E-state index is 12.1. The lowest BCUT2D eigenvalue weighted by atomic mass is 10.2. The van der Waals surface area contributed by atoms with Gasteiger partial charge in [-0.3, -0.25) is 4.79 Å². The number of oxazole rings is 1. The van der Waals surface area contributed by atoms with Crippen molar-refractivity contribution < 1.29 is 9.21 Å². The van der Waals surface area contributed by atoms with Crippen LogP contribution in [0.4, 0.5) is 5.69 Å². The van der Waals surface area contributed by atoms with Gasteiger partial charge in [0.05, 0.1) is 17.0 Å². The van der Waals surface area contributed by atoms with E-state index in [9.17, 15) is 4.79 Å². The third-order valence-corrected chi connectivity index (χ3v) is 4.33. The van der Waals surface area contributed by atoms with Crippen molar-refractivity contribution >= 4 is 57.7 Å². The second-order valence-electron chi connectivity index (χ2n) is 4.73. The second kappa shape index (κ2) is 7.14. The number of thioether (sulfide) groups is 1. The second-order valence-corrected chi connectivity index (χ2v) is 6.53. The molecule has 0 fully saturated rings. The number of nitrogens with zero attached hydrogens (tertiary/aromatic N) is 2. The third kappa shape index (κ3) is 3.82. The summed E-state index contributed by atoms with van der Waals surface area (Å²) in [7, 11) is 0. The number of nitriles is 1. The Balaban J connectivity index is 1.67. The number of carbonyl (C=O) groups excluding carboxylic acids is 1. The normalized spacial score (nSPS) is 10.5. The third-order valence-electron chi connectivity index (χ3n) is 3.03. The van der Waals surface area contributed by atoms with E-state index in [1.165, 1.54) is 6.07 Å². The van der Waals surface area contributed by atoms with Gasteiger partial charge in [0.1, 0.15) is 11.6 Å². The van der Waals surface area contributed by atoms with Gasteiger partial charge in [0.15, 0.2) is 5.58 Å². The van der Waals surface area contributed by atoms with Crippen molar-refractivity contribution in [1.82, 2.24) is 4.98 Å². The van der Waals surface area contributed by atoms with Crippen LogP contribution in [-0.2, 0) is 4.79 Å². The Morgan fingerprint density at radius 2 is 2.00 bits per heavy atom. The number of nitrogens with one attached hydrogen (secondary N) is 1. The lowest BCUT2D eigenvalue weighted by Crippen LogP contribution is -2.14. The van der Waals surface area contributed by atoms with Crippen molar-refractivity contribution in [2.75, 3.05) is 11.1 Å². The van der Waals surface area contributed by atoms with Gasteiger partial charge in [0, 0.05) is 16.1 Å². The van der Waals surface area contributed by atoms with Crippen LogP contribution < -0.4 is 5.32 Å². The van der Waals surface area contributed by atoms with E-state index in [0.29, 0.717) is 37.6 Å². The molecule has 1 N–H and O–H groups in total. The largest absolute Gasteiger partial charge is 0.431 e. The zero-order valence-electron chi connectivity index (χ0n) is 12.0. The van der Waals surface area contributed by atoms with E-state index < -0.39 is 0 Å². The summed E-state index contributed by atoms with van der Waals surface area (Å²) in [5.74, 6) is -0.211. The number of carbonyl (C=O) groups is 1. The van der Waals surface area contributed by atoms with Crippen LogP contribution in [0, 0.1) is 11.3 Å². The molecule has 3 aromatic rings. The molecule has 0 aliphatic rings. The number of rotatable bonds is 4. The van der Waals surface area contributed by atoms with Gasteiger partial charge in [0.25, 0.3) is 5.22 Å². The summed E-state index contributed by atoms with van der Waals surface area (Å²) >= 11 is 12.9. The van der Waals surface area contributed by atoms with Gasteiger partial charge in [-0.05, 0) is 30.3 Å². The minimum absolute atomic E-state index is 0.0813. The average molecular weight is 378 g/mol. The van der Waals surface area contributed by atoms with Crippen LogP contribution in [0.2, 0.25) is 10.0 Å². The van der Waals surface area contributed by atoms with Crippen molar-refractivity contribution in [2.24, 2.45) is 0 Å². The number of anilines is 1. The molecule has 0 unspecified atom stereocenters. The standard InChI is InChI=1S/C16H9Cl2N3O2S/c17-10-2-1-9(7-19)13(5-10)20-15(22)8-24-16-21-12-4-3-11(18)6-14(12)23-16/h1-6H,8H2,(H,20,22). The van der Waals surface area contributed by atoms with Crippen molar-refractivity contribution in [1.29, 1.82) is 5.26 Å². The summed E-state index contributed by atoms with van der Waals surface area (Å²) in [6, 6.07) is 11.8. The Morgan fingerprint density at radius 3 is 2.79 bits per heavy atom. The highest BCUT2D eigenvalue weighted by atomic mass is 35.5. The molecule has 1 aromatic heterocycles. The van der Waals surface area contributed by atoms with Gasteiger partial charge >= 0.3 is 0 Å². The Hall–Kier alpha value is -2.20. The molecule has 0 aliphatic heterocycles. The number of hydrogen-bond acceptors (Lipinski definition) is 5. The van der Waals surface area contributed by atoms with Gasteiger partial charge in [-0.25, -0.2) is 4.98 Å². The van der Waals surface area contributed by atoms with E-state index in [1.54, 1.807) is 30.3 Å². The molecule has 24 heavy (non-hydrogen) atoms. The van der Waals surface area contributed by atoms with Crippen LogP contribution >= 0.6 is 35.0 Å². The van der Waals surface area contributed by atoms with Crippen molar-refractivity contribution in [3.8, 4) is 6.07 Å². The Bertz CT molecular complexity index is 966. The van der Waals surface area contributed by atoms with Crippen molar-refractivity contribution in [2.45, 2.75) is 5.22 Å². The lowest BCUT2D eigenvalue weighted by Gasteiger charge is -2.06. The van der Waals surface area contributed by atoms with Crippen LogP contribution in [0.1, 0.15) is 5.56 Å². The Labute approximate surface area is 151 Å². The van der Waals surface area contributed by atoms with Crippen LogP contribution in [0.15, 0.2) is 46.0 Å². The highest BCUT2D eigenvalue weighted by molar-refractivity contribution is 7.99. The fourth-order valence-corrected chi connectivity index (χ4v) is 2.94. The first-order valence-electron chi connectivity index (χ1n) is 6.73. The Morgan fingerprint density at radius 1 is 1.25 bits per heavy atom. The molecule has 2 aromatic carbocycles. The molecular weight excluding hydrogens is 369 g/mol. The number of halogens is 2. The van der Waals surface area contributed by atoms with Crippen LogP contribution in [0.25, 0.3) is 11.1 Å². The summed E-state index contributed by atoms with van der Waals surface area (Å²) in [5, 5.41) is 13.1. The highest BCUT2D eigenvalue weighted by Gasteiger charge is 2.12. The zero-order chi connectivity index (χ0) is 17.1. The fraction of sp³-hybridized carbons (Fsp3) is 0.0625. The molecule has 3 rings (SSSR count). The number of amides is 1. The number of benzene rings is 2. The molecule has 1 heterocycles. The zero-order valence-corrected chi connectivity index (χ0v) is 14.4. The summed E-state index contributed by atoms with van der Waals surface area (Å²) in [6.07, 6.45) is 0. The number of aromatic nitrogens is 1. The van der Waals surface area contributed by atoms with Gasteiger partial charge in [-0.1, -0.05) is 35.0 Å². The van der Waals surface area contributed by atoms with Gasteiger partial charge in [-0.2, -0.15) is 5.26 Å². The Kier molecular flexibility index (Phi) is 4.95. The van der Waals surface area contributed by atoms with Crippen LogP contribution in [0.3, 0.4) is 0 Å². The minimum atomic E-state index is -0.293. The maximum Gasteiger partial charge on any atom is 0.257 e. The molecule has 5 nitrogen and oxygen atoms in total. The van der Waals surface area contributed by atoms with Crippen LogP contribution in [0.5, 0.6) is 0 Å². The van der Waals surface area contributed by atoms with Gasteiger partial charge in [-0.15, -0.1) is 0 Å². The molecule has 0 bridgehead atoms.